The molecule has 1 aliphatic carbocycles. The van der Waals surface area contributed by atoms with E-state index in [-0.39, 0.29) is 18.0 Å². The summed E-state index contributed by atoms with van der Waals surface area (Å²) in [6.45, 7) is 0.672. The van der Waals surface area contributed by atoms with Crippen LogP contribution in [-0.2, 0) is 25.4 Å². The lowest BCUT2D eigenvalue weighted by molar-refractivity contribution is -0.121. The molecule has 0 bridgehead atoms. The van der Waals surface area contributed by atoms with Crippen molar-refractivity contribution >= 4 is 17.1 Å². The average Bonchev–Trinajstić information content (AvgIpc) is 3.25. The molecule has 0 aromatic carbocycles. The monoisotopic (exact) mass is 347 g/mol. The summed E-state index contributed by atoms with van der Waals surface area (Å²) in [4.78, 5) is 40.5. The van der Waals surface area contributed by atoms with Gasteiger partial charge in [-0.1, -0.05) is 25.7 Å². The van der Waals surface area contributed by atoms with Crippen molar-refractivity contribution in [2.75, 3.05) is 6.54 Å². The fourth-order valence-corrected chi connectivity index (χ4v) is 3.65. The predicted molar refractivity (Wildman–Crippen MR) is 94.4 cm³/mol. The molecule has 1 saturated carbocycles. The van der Waals surface area contributed by atoms with E-state index in [0.29, 0.717) is 12.2 Å². The van der Waals surface area contributed by atoms with Crippen LogP contribution < -0.4 is 16.6 Å². The number of aromatic nitrogens is 4. The molecule has 3 rings (SSSR count). The lowest BCUT2D eigenvalue weighted by Crippen LogP contribution is -2.38. The van der Waals surface area contributed by atoms with Gasteiger partial charge in [-0.25, -0.2) is 9.78 Å². The van der Waals surface area contributed by atoms with Crippen LogP contribution in [0.4, 0.5) is 0 Å². The van der Waals surface area contributed by atoms with E-state index in [0.717, 1.165) is 23.3 Å². The van der Waals surface area contributed by atoms with Gasteiger partial charge in [0.2, 0.25) is 5.91 Å². The second-order valence-corrected chi connectivity index (χ2v) is 6.89. The summed E-state index contributed by atoms with van der Waals surface area (Å²) in [6, 6.07) is 0. The number of imidazole rings is 1. The predicted octanol–water partition coefficient (Wildman–Crippen LogP) is 0.520. The number of nitrogens with zero attached hydrogens (tertiary/aromatic N) is 4. The third-order valence-electron chi connectivity index (χ3n) is 5.12. The molecule has 1 fully saturated rings. The fourth-order valence-electron chi connectivity index (χ4n) is 3.65. The van der Waals surface area contributed by atoms with E-state index in [1.165, 1.54) is 48.2 Å². The number of carbonyl (C=O) groups excluding carboxylic acids is 1. The van der Waals surface area contributed by atoms with E-state index in [2.05, 4.69) is 10.3 Å². The Hall–Kier alpha value is -2.38. The molecule has 0 unspecified atom stereocenters. The number of carbonyl (C=O) groups is 1. The van der Waals surface area contributed by atoms with Gasteiger partial charge in [-0.3, -0.25) is 18.7 Å². The summed E-state index contributed by atoms with van der Waals surface area (Å²) in [5.74, 6) is 0.667. The van der Waals surface area contributed by atoms with Crippen LogP contribution in [0.5, 0.6) is 0 Å². The molecule has 2 aromatic heterocycles. The van der Waals surface area contributed by atoms with Crippen LogP contribution in [0.15, 0.2) is 15.9 Å². The highest BCUT2D eigenvalue weighted by molar-refractivity contribution is 5.78. The standard InChI is InChI=1S/C17H25N5O3/c1-20-15-14(16(24)21(2)17(20)25)22(11-19-15)10-13(23)18-9-5-8-12-6-3-4-7-12/h11-12H,3-10H2,1-2H3,(H,18,23). The highest BCUT2D eigenvalue weighted by Crippen LogP contribution is 2.28. The number of rotatable bonds is 6. The van der Waals surface area contributed by atoms with Crippen molar-refractivity contribution in [1.29, 1.82) is 0 Å². The van der Waals surface area contributed by atoms with Gasteiger partial charge < -0.3 is 9.88 Å². The Labute approximate surface area is 145 Å². The molecule has 2 aromatic rings. The quantitative estimate of drug-likeness (QED) is 0.771. The van der Waals surface area contributed by atoms with E-state index in [1.54, 1.807) is 7.05 Å². The minimum absolute atomic E-state index is 0.0212. The molecular weight excluding hydrogens is 322 g/mol. The average molecular weight is 347 g/mol. The Balaban J connectivity index is 1.63. The summed E-state index contributed by atoms with van der Waals surface area (Å²) in [5, 5.41) is 2.90. The topological polar surface area (TPSA) is 90.9 Å². The molecule has 0 spiro atoms. The van der Waals surface area contributed by atoms with Gasteiger partial charge in [-0.05, 0) is 18.8 Å². The zero-order valence-electron chi connectivity index (χ0n) is 14.8. The van der Waals surface area contributed by atoms with Crippen LogP contribution in [-0.4, -0.2) is 31.1 Å². The lowest BCUT2D eigenvalue weighted by atomic mass is 10.0. The van der Waals surface area contributed by atoms with Gasteiger partial charge in [0.05, 0.1) is 6.33 Å². The lowest BCUT2D eigenvalue weighted by Gasteiger charge is -2.10. The normalized spacial score (nSPS) is 15.1. The van der Waals surface area contributed by atoms with Crippen molar-refractivity contribution < 1.29 is 4.79 Å². The number of hydrogen-bond acceptors (Lipinski definition) is 4. The smallest absolute Gasteiger partial charge is 0.332 e. The van der Waals surface area contributed by atoms with Crippen molar-refractivity contribution in [3.05, 3.63) is 27.2 Å². The molecule has 25 heavy (non-hydrogen) atoms. The second kappa shape index (κ2) is 7.25. The Morgan fingerprint density at radius 3 is 2.68 bits per heavy atom. The molecular formula is C17H25N5O3. The highest BCUT2D eigenvalue weighted by Gasteiger charge is 2.16. The molecule has 0 radical (unpaired) electrons. The third-order valence-corrected chi connectivity index (χ3v) is 5.12. The molecule has 8 heteroatoms. The third kappa shape index (κ3) is 3.52. The van der Waals surface area contributed by atoms with Gasteiger partial charge in [0, 0.05) is 20.6 Å². The molecule has 1 N–H and O–H groups in total. The van der Waals surface area contributed by atoms with Gasteiger partial charge in [-0.2, -0.15) is 0 Å². The molecule has 0 atom stereocenters. The number of fused-ring (bicyclic) bond motifs is 1. The maximum atomic E-state index is 12.3. The summed E-state index contributed by atoms with van der Waals surface area (Å²) in [6.07, 6.45) is 8.89. The van der Waals surface area contributed by atoms with Gasteiger partial charge >= 0.3 is 5.69 Å². The minimum atomic E-state index is -0.440. The van der Waals surface area contributed by atoms with Crippen LogP contribution in [0, 0.1) is 5.92 Å². The Bertz CT molecular complexity index is 886. The number of amides is 1. The van der Waals surface area contributed by atoms with Gasteiger partial charge in [-0.15, -0.1) is 0 Å². The van der Waals surface area contributed by atoms with Gasteiger partial charge in [0.1, 0.15) is 6.54 Å². The summed E-state index contributed by atoms with van der Waals surface area (Å²) in [5.41, 5.74) is -0.309. The summed E-state index contributed by atoms with van der Waals surface area (Å²) < 4.78 is 3.84. The van der Waals surface area contributed by atoms with E-state index in [9.17, 15) is 14.4 Å². The summed E-state index contributed by atoms with van der Waals surface area (Å²) in [7, 11) is 2.98. The number of nitrogens with one attached hydrogen (secondary N) is 1. The molecule has 0 saturated heterocycles. The highest BCUT2D eigenvalue weighted by atomic mass is 16.2. The van der Waals surface area contributed by atoms with Gasteiger partial charge in [0.25, 0.3) is 5.56 Å². The van der Waals surface area contributed by atoms with E-state index in [1.807, 2.05) is 0 Å². The molecule has 0 aliphatic heterocycles. The first-order valence-corrected chi connectivity index (χ1v) is 8.86. The first kappa shape index (κ1) is 17.4. The molecule has 8 nitrogen and oxygen atoms in total. The van der Waals surface area contributed by atoms with Crippen molar-refractivity contribution in [3.63, 3.8) is 0 Å². The van der Waals surface area contributed by atoms with E-state index >= 15 is 0 Å². The first-order chi connectivity index (χ1) is 12.0. The van der Waals surface area contributed by atoms with Crippen LogP contribution in [0.2, 0.25) is 0 Å². The number of aryl methyl sites for hydroxylation is 1. The maximum Gasteiger partial charge on any atom is 0.332 e. The zero-order chi connectivity index (χ0) is 18.0. The minimum Gasteiger partial charge on any atom is -0.355 e. The van der Waals surface area contributed by atoms with Crippen LogP contribution >= 0.6 is 0 Å². The van der Waals surface area contributed by atoms with E-state index < -0.39 is 11.2 Å². The SMILES string of the molecule is Cn1c(=O)c2c(ncn2CC(=O)NCCCC2CCCC2)n(C)c1=O. The van der Waals surface area contributed by atoms with Crippen molar-refractivity contribution in [2.45, 2.75) is 45.1 Å². The molecule has 1 aliphatic rings. The zero-order valence-corrected chi connectivity index (χ0v) is 14.8. The first-order valence-electron chi connectivity index (χ1n) is 8.86. The molecule has 136 valence electrons. The number of hydrogen-bond donors (Lipinski definition) is 1. The van der Waals surface area contributed by atoms with Crippen LogP contribution in [0.25, 0.3) is 11.2 Å². The van der Waals surface area contributed by atoms with Crippen molar-refractivity contribution in [3.8, 4) is 0 Å². The van der Waals surface area contributed by atoms with Crippen LogP contribution in [0.1, 0.15) is 38.5 Å². The van der Waals surface area contributed by atoms with E-state index in [4.69, 9.17) is 0 Å². The van der Waals surface area contributed by atoms with Crippen LogP contribution in [0.3, 0.4) is 0 Å². The van der Waals surface area contributed by atoms with Gasteiger partial charge in [0.15, 0.2) is 11.2 Å². The molecule has 1 amide bonds. The largest absolute Gasteiger partial charge is 0.355 e. The molecule has 2 heterocycles. The van der Waals surface area contributed by atoms with Crippen molar-refractivity contribution in [1.82, 2.24) is 24.0 Å². The Kier molecular flexibility index (Phi) is 5.06. The second-order valence-electron chi connectivity index (χ2n) is 6.89. The van der Waals surface area contributed by atoms with Crippen molar-refractivity contribution in [2.24, 2.45) is 20.0 Å². The fraction of sp³-hybridized carbons (Fsp3) is 0.647. The Morgan fingerprint density at radius 2 is 1.96 bits per heavy atom. The Morgan fingerprint density at radius 1 is 1.24 bits per heavy atom. The summed E-state index contributed by atoms with van der Waals surface area (Å²) >= 11 is 0. The maximum absolute atomic E-state index is 12.3.